The van der Waals surface area contributed by atoms with Gasteiger partial charge in [0.25, 0.3) is 0 Å². The lowest BCUT2D eigenvalue weighted by molar-refractivity contribution is 0.217. The molecule has 4 heteroatoms. The molecule has 1 heterocycles. The Labute approximate surface area is 106 Å². The minimum absolute atomic E-state index is 0.318. The van der Waals surface area contributed by atoms with E-state index in [1.165, 1.54) is 19.3 Å². The lowest BCUT2D eigenvalue weighted by Crippen LogP contribution is -2.14. The van der Waals surface area contributed by atoms with Crippen LogP contribution in [0.3, 0.4) is 0 Å². The summed E-state index contributed by atoms with van der Waals surface area (Å²) in [4.78, 5) is 4.25. The molecule has 0 radical (unpaired) electrons. The first-order valence-electron chi connectivity index (χ1n) is 5.64. The fourth-order valence-corrected chi connectivity index (χ4v) is 2.19. The molecule has 0 bridgehead atoms. The monoisotopic (exact) mass is 259 g/mol. The molecule has 1 aromatic rings. The molecule has 0 atom stereocenters. The van der Waals surface area contributed by atoms with Crippen molar-refractivity contribution in [3.8, 4) is 5.88 Å². The number of alkyl halides is 1. The van der Waals surface area contributed by atoms with Gasteiger partial charge in [-0.3, -0.25) is 0 Å². The molecule has 0 saturated heterocycles. The summed E-state index contributed by atoms with van der Waals surface area (Å²) in [6.45, 7) is 0.737. The van der Waals surface area contributed by atoms with E-state index in [1.54, 1.807) is 12.1 Å². The van der Waals surface area contributed by atoms with Crippen molar-refractivity contribution in [2.45, 2.75) is 31.6 Å². The van der Waals surface area contributed by atoms with Crippen LogP contribution < -0.4 is 4.74 Å². The number of hydrogen-bond acceptors (Lipinski definition) is 2. The number of hydrogen-bond donors (Lipinski definition) is 0. The zero-order valence-corrected chi connectivity index (χ0v) is 10.6. The van der Waals surface area contributed by atoms with Gasteiger partial charge in [-0.15, -0.1) is 11.6 Å². The summed E-state index contributed by atoms with van der Waals surface area (Å²) < 4.78 is 5.58. The van der Waals surface area contributed by atoms with Crippen LogP contribution >= 0.6 is 23.2 Å². The summed E-state index contributed by atoms with van der Waals surface area (Å²) in [6, 6.07) is 3.57. The second kappa shape index (κ2) is 5.74. The standard InChI is InChI=1S/C12H15Cl2NO/c13-8-11-10(14)4-5-12(15-11)16-7-6-9-2-1-3-9/h4-5,9H,1-3,6-8H2. The first kappa shape index (κ1) is 12.0. The van der Waals surface area contributed by atoms with Crippen molar-refractivity contribution in [1.29, 1.82) is 0 Å². The molecule has 0 aromatic carbocycles. The van der Waals surface area contributed by atoms with E-state index in [0.29, 0.717) is 22.5 Å². The summed E-state index contributed by atoms with van der Waals surface area (Å²) in [5.41, 5.74) is 0.685. The molecule has 0 N–H and O–H groups in total. The molecule has 1 fully saturated rings. The molecule has 16 heavy (non-hydrogen) atoms. The Hall–Kier alpha value is -0.470. The number of nitrogens with zero attached hydrogens (tertiary/aromatic N) is 1. The summed E-state index contributed by atoms with van der Waals surface area (Å²) >= 11 is 11.6. The largest absolute Gasteiger partial charge is 0.478 e. The average Bonchev–Trinajstić information content (AvgIpc) is 2.24. The molecule has 0 amide bonds. The molecule has 2 nitrogen and oxygen atoms in total. The smallest absolute Gasteiger partial charge is 0.213 e. The number of halogens is 2. The molecular formula is C12H15Cl2NO. The average molecular weight is 260 g/mol. The normalized spacial score (nSPS) is 15.9. The highest BCUT2D eigenvalue weighted by Crippen LogP contribution is 2.29. The highest BCUT2D eigenvalue weighted by atomic mass is 35.5. The van der Waals surface area contributed by atoms with Crippen LogP contribution in [0, 0.1) is 5.92 Å². The minimum Gasteiger partial charge on any atom is -0.478 e. The third kappa shape index (κ3) is 3.02. The Morgan fingerprint density at radius 2 is 2.19 bits per heavy atom. The predicted molar refractivity (Wildman–Crippen MR) is 66.3 cm³/mol. The van der Waals surface area contributed by atoms with E-state index in [2.05, 4.69) is 4.98 Å². The van der Waals surface area contributed by atoms with Crippen molar-refractivity contribution >= 4 is 23.2 Å². The summed E-state index contributed by atoms with van der Waals surface area (Å²) in [5, 5.41) is 0.598. The molecule has 0 aliphatic heterocycles. The molecule has 2 rings (SSSR count). The maximum Gasteiger partial charge on any atom is 0.213 e. The van der Waals surface area contributed by atoms with Crippen LogP contribution in [-0.2, 0) is 5.88 Å². The Morgan fingerprint density at radius 3 is 2.81 bits per heavy atom. The number of aromatic nitrogens is 1. The van der Waals surface area contributed by atoms with Gasteiger partial charge in [0.15, 0.2) is 0 Å². The van der Waals surface area contributed by atoms with E-state index >= 15 is 0 Å². The maximum absolute atomic E-state index is 5.91. The number of rotatable bonds is 5. The van der Waals surface area contributed by atoms with Crippen molar-refractivity contribution in [1.82, 2.24) is 4.98 Å². The van der Waals surface area contributed by atoms with E-state index in [-0.39, 0.29) is 0 Å². The minimum atomic E-state index is 0.318. The first-order chi connectivity index (χ1) is 7.79. The third-order valence-electron chi connectivity index (χ3n) is 3.02. The highest BCUT2D eigenvalue weighted by molar-refractivity contribution is 6.32. The van der Waals surface area contributed by atoms with Crippen LogP contribution in [0.4, 0.5) is 0 Å². The van der Waals surface area contributed by atoms with E-state index in [1.807, 2.05) is 0 Å². The summed E-state index contributed by atoms with van der Waals surface area (Å²) in [5.74, 6) is 1.80. The van der Waals surface area contributed by atoms with Gasteiger partial charge in [0.2, 0.25) is 5.88 Å². The summed E-state index contributed by atoms with van der Waals surface area (Å²) in [6.07, 6.45) is 5.20. The van der Waals surface area contributed by atoms with E-state index in [0.717, 1.165) is 18.9 Å². The van der Waals surface area contributed by atoms with Crippen LogP contribution in [-0.4, -0.2) is 11.6 Å². The van der Waals surface area contributed by atoms with Gasteiger partial charge in [0.1, 0.15) is 0 Å². The van der Waals surface area contributed by atoms with Crippen molar-refractivity contribution in [3.63, 3.8) is 0 Å². The van der Waals surface area contributed by atoms with Crippen molar-refractivity contribution < 1.29 is 4.74 Å². The number of ether oxygens (including phenoxy) is 1. The SMILES string of the molecule is ClCc1nc(OCCC2CCC2)ccc1Cl. The predicted octanol–water partition coefficient (Wildman–Crippen LogP) is 4.04. The van der Waals surface area contributed by atoms with E-state index < -0.39 is 0 Å². The Kier molecular flexibility index (Phi) is 4.30. The molecule has 1 aromatic heterocycles. The van der Waals surface area contributed by atoms with Gasteiger partial charge < -0.3 is 4.74 Å². The first-order valence-corrected chi connectivity index (χ1v) is 6.55. The van der Waals surface area contributed by atoms with Crippen molar-refractivity contribution in [2.24, 2.45) is 5.92 Å². The quantitative estimate of drug-likeness (QED) is 0.745. The third-order valence-corrected chi connectivity index (χ3v) is 3.62. The van der Waals surface area contributed by atoms with Crippen molar-refractivity contribution in [3.05, 3.63) is 22.8 Å². The molecule has 1 aliphatic carbocycles. The van der Waals surface area contributed by atoms with Crippen molar-refractivity contribution in [2.75, 3.05) is 6.61 Å². The van der Waals surface area contributed by atoms with Crippen LogP contribution in [0.2, 0.25) is 5.02 Å². The van der Waals surface area contributed by atoms with Gasteiger partial charge in [0.05, 0.1) is 23.2 Å². The fourth-order valence-electron chi connectivity index (χ4n) is 1.75. The zero-order chi connectivity index (χ0) is 11.4. The van der Waals surface area contributed by atoms with Gasteiger partial charge in [-0.2, -0.15) is 0 Å². The lowest BCUT2D eigenvalue weighted by Gasteiger charge is -2.24. The van der Waals surface area contributed by atoms with Crippen LogP contribution in [0.1, 0.15) is 31.4 Å². The van der Waals surface area contributed by atoms with Crippen LogP contribution in [0.15, 0.2) is 12.1 Å². The van der Waals surface area contributed by atoms with Gasteiger partial charge in [-0.1, -0.05) is 30.9 Å². The molecule has 1 saturated carbocycles. The zero-order valence-electron chi connectivity index (χ0n) is 9.09. The van der Waals surface area contributed by atoms with E-state index in [4.69, 9.17) is 27.9 Å². The van der Waals surface area contributed by atoms with Gasteiger partial charge in [-0.05, 0) is 18.4 Å². The molecule has 1 aliphatic rings. The Balaban J connectivity index is 1.83. The topological polar surface area (TPSA) is 22.1 Å². The maximum atomic E-state index is 5.91. The molecule has 0 unspecified atom stereocenters. The van der Waals surface area contributed by atoms with Crippen LogP contribution in [0.5, 0.6) is 5.88 Å². The number of pyridine rings is 1. The second-order valence-corrected chi connectivity index (χ2v) is 4.82. The second-order valence-electron chi connectivity index (χ2n) is 4.15. The lowest BCUT2D eigenvalue weighted by atomic mass is 9.83. The molecular weight excluding hydrogens is 245 g/mol. The van der Waals surface area contributed by atoms with Gasteiger partial charge in [0, 0.05) is 6.07 Å². The summed E-state index contributed by atoms with van der Waals surface area (Å²) in [7, 11) is 0. The van der Waals surface area contributed by atoms with E-state index in [9.17, 15) is 0 Å². The molecule has 0 spiro atoms. The fraction of sp³-hybridized carbons (Fsp3) is 0.583. The van der Waals surface area contributed by atoms with Crippen LogP contribution in [0.25, 0.3) is 0 Å². The van der Waals surface area contributed by atoms with Gasteiger partial charge in [-0.25, -0.2) is 4.98 Å². The van der Waals surface area contributed by atoms with Gasteiger partial charge >= 0.3 is 0 Å². The Morgan fingerprint density at radius 1 is 1.38 bits per heavy atom. The Bertz CT molecular complexity index is 353. The molecule has 88 valence electrons. The highest BCUT2D eigenvalue weighted by Gasteiger charge is 2.17.